The highest BCUT2D eigenvalue weighted by molar-refractivity contribution is 8.01. The fraction of sp³-hybridized carbons (Fsp3) is 0.875. The molecule has 2 nitrogen and oxygen atoms in total. The Labute approximate surface area is 146 Å². The number of rotatable bonds is 0. The summed E-state index contributed by atoms with van der Waals surface area (Å²) in [4.78, 5) is 0. The van der Waals surface area contributed by atoms with Gasteiger partial charge in [0, 0.05) is 5.75 Å². The van der Waals surface area contributed by atoms with Crippen molar-refractivity contribution in [3.8, 4) is 12.1 Å². The molecule has 2 fully saturated rings. The molecule has 0 amide bonds. The van der Waals surface area contributed by atoms with E-state index < -0.39 is 44.5 Å². The number of nitrogens with zero attached hydrogens (tertiary/aromatic N) is 2. The van der Waals surface area contributed by atoms with Gasteiger partial charge in [0.1, 0.15) is 0 Å². The van der Waals surface area contributed by atoms with Gasteiger partial charge in [0.25, 0.3) is 0 Å². The first kappa shape index (κ1) is 20.2. The Hall–Kier alpha value is -1.09. The second-order valence-corrected chi connectivity index (χ2v) is 9.30. The Morgan fingerprint density at radius 3 is 1.52 bits per heavy atom. The molecular formula is C16H18F6N2S. The molecule has 2 rings (SSSR count). The number of hydrogen-bond acceptors (Lipinski definition) is 3. The van der Waals surface area contributed by atoms with Crippen LogP contribution in [0, 0.1) is 44.3 Å². The van der Waals surface area contributed by atoms with Crippen LogP contribution in [0.15, 0.2) is 0 Å². The molecule has 1 spiro atoms. The minimum atomic E-state index is -5.52. The molecule has 0 N–H and O–H groups in total. The van der Waals surface area contributed by atoms with Crippen molar-refractivity contribution < 1.29 is 26.3 Å². The van der Waals surface area contributed by atoms with Gasteiger partial charge in [-0.15, -0.1) is 11.8 Å². The smallest absolute Gasteiger partial charge is 0.197 e. The molecule has 1 saturated heterocycles. The lowest BCUT2D eigenvalue weighted by Crippen LogP contribution is -2.69. The van der Waals surface area contributed by atoms with E-state index in [4.69, 9.17) is 0 Å². The van der Waals surface area contributed by atoms with Gasteiger partial charge in [0.05, 0.1) is 16.9 Å². The molecule has 0 aromatic heterocycles. The van der Waals surface area contributed by atoms with Crippen molar-refractivity contribution in [3.63, 3.8) is 0 Å². The van der Waals surface area contributed by atoms with Crippen LogP contribution in [0.5, 0.6) is 0 Å². The van der Waals surface area contributed by atoms with Crippen LogP contribution < -0.4 is 0 Å². The number of halogens is 6. The summed E-state index contributed by atoms with van der Waals surface area (Å²) in [6.45, 7) is 5.87. The largest absolute Gasteiger partial charge is 0.410 e. The van der Waals surface area contributed by atoms with Crippen LogP contribution in [0.4, 0.5) is 26.3 Å². The van der Waals surface area contributed by atoms with Gasteiger partial charge < -0.3 is 0 Å². The summed E-state index contributed by atoms with van der Waals surface area (Å²) in [5, 5.41) is 19.0. The van der Waals surface area contributed by atoms with Crippen molar-refractivity contribution in [2.45, 2.75) is 57.6 Å². The van der Waals surface area contributed by atoms with E-state index >= 15 is 0 Å². The van der Waals surface area contributed by atoms with Crippen LogP contribution in [0.2, 0.25) is 0 Å². The maximum atomic E-state index is 14.3. The van der Waals surface area contributed by atoms with E-state index in [0.717, 1.165) is 12.1 Å². The normalized spacial score (nSPS) is 36.2. The third-order valence-corrected chi connectivity index (χ3v) is 8.64. The third kappa shape index (κ3) is 1.88. The van der Waals surface area contributed by atoms with Crippen molar-refractivity contribution in [1.29, 1.82) is 10.5 Å². The van der Waals surface area contributed by atoms with E-state index in [9.17, 15) is 36.9 Å². The van der Waals surface area contributed by atoms with E-state index in [0.29, 0.717) is 11.8 Å². The zero-order chi connectivity index (χ0) is 19.7. The molecule has 0 aromatic carbocycles. The fourth-order valence-electron chi connectivity index (χ4n) is 5.19. The number of hydrogen-bond donors (Lipinski definition) is 0. The standard InChI is InChI=1S/C16H18F6N2S/c1-10(2)5-6-11(3,4)14(10)13(8-24,16(20,21)22)12(7-23,9-25-14)15(17,18)19/h5-6,9H2,1-4H3/t12-,13+/m0/s1. The van der Waals surface area contributed by atoms with Crippen molar-refractivity contribution in [3.05, 3.63) is 0 Å². The van der Waals surface area contributed by atoms with Gasteiger partial charge in [-0.1, -0.05) is 27.7 Å². The van der Waals surface area contributed by atoms with E-state index in [1.807, 2.05) is 0 Å². The minimum absolute atomic E-state index is 0.242. The first-order valence-corrected chi connectivity index (χ1v) is 8.62. The lowest BCUT2D eigenvalue weighted by molar-refractivity contribution is -0.313. The highest BCUT2D eigenvalue weighted by Gasteiger charge is 2.92. The summed E-state index contributed by atoms with van der Waals surface area (Å²) >= 11 is 0.498. The van der Waals surface area contributed by atoms with Crippen molar-refractivity contribution in [2.75, 3.05) is 5.75 Å². The molecular weight excluding hydrogens is 366 g/mol. The van der Waals surface area contributed by atoms with Crippen LogP contribution in [-0.4, -0.2) is 22.9 Å². The van der Waals surface area contributed by atoms with Crippen LogP contribution in [0.25, 0.3) is 0 Å². The van der Waals surface area contributed by atoms with E-state index in [-0.39, 0.29) is 12.8 Å². The zero-order valence-electron chi connectivity index (χ0n) is 14.2. The van der Waals surface area contributed by atoms with Crippen molar-refractivity contribution in [1.82, 2.24) is 0 Å². The van der Waals surface area contributed by atoms with Crippen LogP contribution in [-0.2, 0) is 0 Å². The number of alkyl halides is 6. The molecule has 1 heterocycles. The summed E-state index contributed by atoms with van der Waals surface area (Å²) in [6, 6.07) is 1.93. The van der Waals surface area contributed by atoms with E-state index in [1.165, 1.54) is 27.7 Å². The number of thioether (sulfide) groups is 1. The topological polar surface area (TPSA) is 47.6 Å². The molecule has 25 heavy (non-hydrogen) atoms. The van der Waals surface area contributed by atoms with Crippen molar-refractivity contribution >= 4 is 11.8 Å². The second-order valence-electron chi connectivity index (χ2n) is 8.11. The third-order valence-electron chi connectivity index (χ3n) is 6.22. The molecule has 1 saturated carbocycles. The highest BCUT2D eigenvalue weighted by atomic mass is 32.2. The summed E-state index contributed by atoms with van der Waals surface area (Å²) < 4.78 is 82.5. The van der Waals surface area contributed by atoms with Crippen LogP contribution in [0.3, 0.4) is 0 Å². The quantitative estimate of drug-likeness (QED) is 0.521. The molecule has 1 aliphatic carbocycles. The molecule has 140 valence electrons. The fourth-order valence-corrected chi connectivity index (χ4v) is 7.60. The number of nitriles is 2. The Morgan fingerprint density at radius 1 is 0.800 bits per heavy atom. The van der Waals surface area contributed by atoms with Crippen LogP contribution >= 0.6 is 11.8 Å². The zero-order valence-corrected chi connectivity index (χ0v) is 15.0. The van der Waals surface area contributed by atoms with Crippen LogP contribution in [0.1, 0.15) is 40.5 Å². The molecule has 0 unspecified atom stereocenters. The summed E-state index contributed by atoms with van der Waals surface area (Å²) in [5.74, 6) is -1.10. The lowest BCUT2D eigenvalue weighted by atomic mass is 9.48. The maximum absolute atomic E-state index is 14.3. The second kappa shape index (κ2) is 5.00. The Morgan fingerprint density at radius 2 is 1.24 bits per heavy atom. The van der Waals surface area contributed by atoms with Gasteiger partial charge in [0.2, 0.25) is 0 Å². The molecule has 9 heteroatoms. The SMILES string of the molecule is CC1(C)CCC(C)(C)C12SC[C@](C#N)(C(F)(F)F)[C@@]2(C#N)C(F)(F)F. The van der Waals surface area contributed by atoms with Gasteiger partial charge >= 0.3 is 12.4 Å². The summed E-state index contributed by atoms with van der Waals surface area (Å²) in [6.07, 6.45) is -10.5. The lowest BCUT2D eigenvalue weighted by Gasteiger charge is -2.56. The van der Waals surface area contributed by atoms with Gasteiger partial charge in [0.15, 0.2) is 10.8 Å². The van der Waals surface area contributed by atoms with E-state index in [2.05, 4.69) is 0 Å². The average Bonchev–Trinajstić information content (AvgIpc) is 2.86. The van der Waals surface area contributed by atoms with Crippen molar-refractivity contribution in [2.24, 2.45) is 21.7 Å². The molecule has 0 bridgehead atoms. The predicted molar refractivity (Wildman–Crippen MR) is 80.2 cm³/mol. The first-order valence-electron chi connectivity index (χ1n) is 7.63. The maximum Gasteiger partial charge on any atom is 0.410 e. The first-order chi connectivity index (χ1) is 11.0. The van der Waals surface area contributed by atoms with E-state index in [1.54, 1.807) is 0 Å². The predicted octanol–water partition coefficient (Wildman–Crippen LogP) is 5.46. The summed E-state index contributed by atoms with van der Waals surface area (Å²) in [7, 11) is 0. The molecule has 2 aliphatic rings. The van der Waals surface area contributed by atoms with Gasteiger partial charge in [-0.3, -0.25) is 0 Å². The van der Waals surface area contributed by atoms with Gasteiger partial charge in [-0.2, -0.15) is 36.9 Å². The molecule has 2 atom stereocenters. The summed E-state index contributed by atoms with van der Waals surface area (Å²) in [5.41, 5.74) is -10.1. The van der Waals surface area contributed by atoms with Gasteiger partial charge in [-0.05, 0) is 23.7 Å². The Kier molecular flexibility index (Phi) is 4.04. The highest BCUT2D eigenvalue weighted by Crippen LogP contribution is 2.82. The monoisotopic (exact) mass is 384 g/mol. The Bertz CT molecular complexity index is 650. The minimum Gasteiger partial charge on any atom is -0.197 e. The van der Waals surface area contributed by atoms with Gasteiger partial charge in [-0.25, -0.2) is 0 Å². The molecule has 0 radical (unpaired) electrons. The Balaban J connectivity index is 3.06. The average molecular weight is 384 g/mol. The molecule has 0 aromatic rings. The molecule has 1 aliphatic heterocycles.